The summed E-state index contributed by atoms with van der Waals surface area (Å²) in [5, 5.41) is 5.92. The van der Waals surface area contributed by atoms with Crippen molar-refractivity contribution in [2.24, 2.45) is 0 Å². The molecule has 11 heteroatoms. The number of imidazole rings is 1. The maximum absolute atomic E-state index is 13.9. The molecule has 3 aromatic rings. The van der Waals surface area contributed by atoms with Gasteiger partial charge in [0, 0.05) is 29.9 Å². The largest absolute Gasteiger partial charge is 0.356 e. The maximum Gasteiger partial charge on any atom is 0.265 e. The van der Waals surface area contributed by atoms with Gasteiger partial charge in [0.15, 0.2) is 0 Å². The normalized spacial score (nSPS) is 15.6. The van der Waals surface area contributed by atoms with E-state index < -0.39 is 27.9 Å². The molecule has 2 amide bonds. The van der Waals surface area contributed by atoms with Gasteiger partial charge >= 0.3 is 0 Å². The van der Waals surface area contributed by atoms with E-state index >= 15 is 0 Å². The highest BCUT2D eigenvalue weighted by atomic mass is 35.5. The number of halogens is 1. The number of nitrogens with one attached hydrogen (secondary N) is 3. The summed E-state index contributed by atoms with van der Waals surface area (Å²) < 4.78 is 28.8. The minimum absolute atomic E-state index is 0.0311. The Kier molecular flexibility index (Phi) is 6.63. The van der Waals surface area contributed by atoms with Crippen molar-refractivity contribution >= 4 is 44.8 Å². The fourth-order valence-electron chi connectivity index (χ4n) is 3.88. The number of anilines is 2. The summed E-state index contributed by atoms with van der Waals surface area (Å²) in [5.41, 5.74) is 2.54. The molecule has 1 atom stereocenters. The number of para-hydroxylation sites is 2. The number of carbonyl (C=O) groups excluding carboxylic acids is 2. The summed E-state index contributed by atoms with van der Waals surface area (Å²) in [5.74, 6) is -1.02. The van der Waals surface area contributed by atoms with E-state index in [4.69, 9.17) is 11.6 Å². The minimum Gasteiger partial charge on any atom is -0.356 e. The number of hydrogen-bond donors (Lipinski definition) is 3. The first-order valence-electron chi connectivity index (χ1n) is 10.6. The molecule has 4 rings (SSSR count). The van der Waals surface area contributed by atoms with Crippen LogP contribution in [0.15, 0.2) is 53.8 Å². The van der Waals surface area contributed by atoms with Crippen LogP contribution >= 0.6 is 11.6 Å². The first-order chi connectivity index (χ1) is 16.2. The zero-order valence-electron chi connectivity index (χ0n) is 18.6. The predicted octanol–water partition coefficient (Wildman–Crippen LogP) is 2.94. The van der Waals surface area contributed by atoms with Gasteiger partial charge in [-0.1, -0.05) is 23.7 Å². The molecule has 0 fully saturated rings. The second-order valence-corrected chi connectivity index (χ2v) is 10.3. The van der Waals surface area contributed by atoms with Crippen molar-refractivity contribution in [3.05, 3.63) is 70.8 Å². The summed E-state index contributed by atoms with van der Waals surface area (Å²) in [7, 11) is -4.21. The van der Waals surface area contributed by atoms with Crippen LogP contribution in [0.5, 0.6) is 0 Å². The Morgan fingerprint density at radius 3 is 2.71 bits per heavy atom. The average molecular weight is 502 g/mol. The van der Waals surface area contributed by atoms with E-state index in [0.29, 0.717) is 40.5 Å². The van der Waals surface area contributed by atoms with E-state index in [1.165, 1.54) is 6.07 Å². The Morgan fingerprint density at radius 1 is 1.21 bits per heavy atom. The molecule has 0 saturated heterocycles. The fourth-order valence-corrected chi connectivity index (χ4v) is 6.02. The third-order valence-corrected chi connectivity index (χ3v) is 8.00. The third-order valence-electron chi connectivity index (χ3n) is 5.63. The lowest BCUT2D eigenvalue weighted by Crippen LogP contribution is -2.53. The van der Waals surface area contributed by atoms with Crippen molar-refractivity contribution in [2.75, 3.05) is 16.2 Å². The Morgan fingerprint density at radius 2 is 1.97 bits per heavy atom. The zero-order valence-corrected chi connectivity index (χ0v) is 20.2. The topological polar surface area (TPSA) is 124 Å². The number of fused-ring (bicyclic) bond motifs is 1. The van der Waals surface area contributed by atoms with Crippen LogP contribution in [0.2, 0.25) is 5.02 Å². The standard InChI is InChI=1S/C23H24ClN5O4S/c1-14-10-21(15(2)9-17(14)24)34(32,33)29-19-6-4-3-5-18(19)28-23(31)20(29)11-22(30)26-8-7-16-12-25-13-27-16/h3-6,9-10,12-13,20H,7-8,11H2,1-2H3,(H,25,27)(H,26,30)(H,28,31)/t20-/m1/s1. The lowest BCUT2D eigenvalue weighted by molar-refractivity contribution is -0.125. The van der Waals surface area contributed by atoms with Crippen LogP contribution in [0.3, 0.4) is 0 Å². The number of carbonyl (C=O) groups is 2. The molecule has 0 aliphatic carbocycles. The summed E-state index contributed by atoms with van der Waals surface area (Å²) in [4.78, 5) is 32.6. The molecule has 34 heavy (non-hydrogen) atoms. The fraction of sp³-hybridized carbons (Fsp3) is 0.261. The van der Waals surface area contributed by atoms with Gasteiger partial charge < -0.3 is 15.6 Å². The maximum atomic E-state index is 13.9. The van der Waals surface area contributed by atoms with Crippen LogP contribution in [0.25, 0.3) is 0 Å². The van der Waals surface area contributed by atoms with Crippen LogP contribution in [0.1, 0.15) is 23.2 Å². The number of rotatable bonds is 7. The Balaban J connectivity index is 1.67. The SMILES string of the molecule is Cc1cc(S(=O)(=O)N2c3ccccc3NC(=O)[C@H]2CC(=O)NCCc2cnc[nH]2)c(C)cc1Cl. The third kappa shape index (κ3) is 4.64. The second kappa shape index (κ2) is 9.47. The van der Waals surface area contributed by atoms with Gasteiger partial charge in [0.2, 0.25) is 11.8 Å². The molecule has 0 spiro atoms. The quantitative estimate of drug-likeness (QED) is 0.459. The number of amides is 2. The van der Waals surface area contributed by atoms with E-state index in [-0.39, 0.29) is 11.3 Å². The van der Waals surface area contributed by atoms with Crippen LogP contribution in [0.4, 0.5) is 11.4 Å². The molecule has 2 aromatic carbocycles. The Labute approximate surface area is 202 Å². The summed E-state index contributed by atoms with van der Waals surface area (Å²) in [6.45, 7) is 3.67. The number of H-pyrrole nitrogens is 1. The molecule has 0 radical (unpaired) electrons. The Hall–Kier alpha value is -3.37. The predicted molar refractivity (Wildman–Crippen MR) is 129 cm³/mol. The molecule has 3 N–H and O–H groups in total. The molecule has 9 nitrogen and oxygen atoms in total. The van der Waals surface area contributed by atoms with Crippen LogP contribution in [-0.4, -0.2) is 42.8 Å². The average Bonchev–Trinajstić information content (AvgIpc) is 3.30. The van der Waals surface area contributed by atoms with E-state index in [0.717, 1.165) is 10.00 Å². The number of nitrogens with zero attached hydrogens (tertiary/aromatic N) is 2. The van der Waals surface area contributed by atoms with Gasteiger partial charge in [-0.2, -0.15) is 0 Å². The van der Waals surface area contributed by atoms with E-state index in [2.05, 4.69) is 20.6 Å². The van der Waals surface area contributed by atoms with Gasteiger partial charge in [0.05, 0.1) is 29.0 Å². The number of aromatic nitrogens is 2. The lowest BCUT2D eigenvalue weighted by Gasteiger charge is -2.37. The highest BCUT2D eigenvalue weighted by molar-refractivity contribution is 7.93. The number of aromatic amines is 1. The minimum atomic E-state index is -4.21. The highest BCUT2D eigenvalue weighted by Crippen LogP contribution is 2.38. The number of sulfonamides is 1. The van der Waals surface area contributed by atoms with E-state index in [1.807, 2.05) is 0 Å². The molecule has 2 heterocycles. The van der Waals surface area contributed by atoms with Crippen molar-refractivity contribution in [2.45, 2.75) is 37.6 Å². The van der Waals surface area contributed by atoms with Crippen molar-refractivity contribution in [3.63, 3.8) is 0 Å². The second-order valence-electron chi connectivity index (χ2n) is 8.07. The van der Waals surface area contributed by atoms with Crippen molar-refractivity contribution in [1.29, 1.82) is 0 Å². The van der Waals surface area contributed by atoms with Crippen molar-refractivity contribution < 1.29 is 18.0 Å². The summed E-state index contributed by atoms with van der Waals surface area (Å²) in [6, 6.07) is 8.41. The Bertz CT molecular complexity index is 1340. The van der Waals surface area contributed by atoms with Gasteiger partial charge in [0.25, 0.3) is 10.0 Å². The lowest BCUT2D eigenvalue weighted by atomic mass is 10.1. The van der Waals surface area contributed by atoms with Crippen LogP contribution in [0, 0.1) is 13.8 Å². The highest BCUT2D eigenvalue weighted by Gasteiger charge is 2.42. The van der Waals surface area contributed by atoms with Crippen molar-refractivity contribution in [3.8, 4) is 0 Å². The van der Waals surface area contributed by atoms with Crippen molar-refractivity contribution in [1.82, 2.24) is 15.3 Å². The molecular formula is C23H24ClN5O4S. The van der Waals surface area contributed by atoms with Gasteiger partial charge in [-0.25, -0.2) is 13.4 Å². The summed E-state index contributed by atoms with van der Waals surface area (Å²) >= 11 is 6.18. The molecular weight excluding hydrogens is 478 g/mol. The summed E-state index contributed by atoms with van der Waals surface area (Å²) in [6.07, 6.45) is 3.39. The van der Waals surface area contributed by atoms with Gasteiger partial charge in [-0.3, -0.25) is 13.9 Å². The number of aryl methyl sites for hydroxylation is 2. The molecule has 0 bridgehead atoms. The monoisotopic (exact) mass is 501 g/mol. The first kappa shape index (κ1) is 23.8. The van der Waals surface area contributed by atoms with Gasteiger partial charge in [0.1, 0.15) is 6.04 Å². The number of hydrogen-bond acceptors (Lipinski definition) is 5. The smallest absolute Gasteiger partial charge is 0.265 e. The molecule has 0 saturated carbocycles. The van der Waals surface area contributed by atoms with Crippen LogP contribution < -0.4 is 14.9 Å². The molecule has 1 aliphatic heterocycles. The number of benzene rings is 2. The molecule has 1 aliphatic rings. The molecule has 1 aromatic heterocycles. The van der Waals surface area contributed by atoms with E-state index in [1.54, 1.807) is 56.7 Å². The van der Waals surface area contributed by atoms with Crippen LogP contribution in [-0.2, 0) is 26.0 Å². The zero-order chi connectivity index (χ0) is 24.5. The molecule has 178 valence electrons. The first-order valence-corrected chi connectivity index (χ1v) is 12.5. The van der Waals surface area contributed by atoms with Gasteiger partial charge in [-0.15, -0.1) is 0 Å². The van der Waals surface area contributed by atoms with E-state index in [9.17, 15) is 18.0 Å². The molecule has 0 unspecified atom stereocenters. The van der Waals surface area contributed by atoms with Gasteiger partial charge in [-0.05, 0) is 49.2 Å².